The first kappa shape index (κ1) is 11.9. The second-order valence-corrected chi connectivity index (χ2v) is 5.12. The number of oxazole rings is 1. The minimum atomic E-state index is -1.06. The highest BCUT2D eigenvalue weighted by Crippen LogP contribution is 2.27. The molecule has 0 spiro atoms. The monoisotopic (exact) mass is 251 g/mol. The van der Waals surface area contributed by atoms with Crippen molar-refractivity contribution < 1.29 is 14.3 Å². The normalized spacial score (nSPS) is 11.0. The minimum Gasteiger partial charge on any atom is -0.475 e. The molecule has 0 saturated heterocycles. The molecule has 5 heteroatoms. The molecule has 0 bridgehead atoms. The van der Waals surface area contributed by atoms with Crippen molar-refractivity contribution >= 4 is 17.3 Å². The number of rotatable bonds is 4. The van der Waals surface area contributed by atoms with E-state index in [0.29, 0.717) is 23.9 Å². The number of carboxylic acids is 1. The van der Waals surface area contributed by atoms with Crippen molar-refractivity contribution in [2.24, 2.45) is 5.92 Å². The Bertz CT molecular complexity index is 514. The molecule has 2 aromatic heterocycles. The summed E-state index contributed by atoms with van der Waals surface area (Å²) >= 11 is 1.48. The molecule has 0 aliphatic carbocycles. The van der Waals surface area contributed by atoms with E-state index in [0.717, 1.165) is 4.88 Å². The molecule has 1 N–H and O–H groups in total. The number of nitrogens with zero attached hydrogens (tertiary/aromatic N) is 1. The lowest BCUT2D eigenvalue weighted by Crippen LogP contribution is -2.03. The van der Waals surface area contributed by atoms with Crippen molar-refractivity contribution in [2.75, 3.05) is 0 Å². The zero-order valence-electron chi connectivity index (χ0n) is 9.64. The molecule has 0 aromatic carbocycles. The van der Waals surface area contributed by atoms with Crippen LogP contribution < -0.4 is 0 Å². The summed E-state index contributed by atoms with van der Waals surface area (Å²) in [6, 6.07) is 3.74. The van der Waals surface area contributed by atoms with Crippen molar-refractivity contribution in [3.05, 3.63) is 29.0 Å². The van der Waals surface area contributed by atoms with E-state index in [1.807, 2.05) is 31.4 Å². The number of carboxylic acid groups (broad SMARTS) is 1. The van der Waals surface area contributed by atoms with E-state index in [1.54, 1.807) is 0 Å². The molecule has 0 radical (unpaired) electrons. The highest BCUT2D eigenvalue weighted by molar-refractivity contribution is 7.13. The van der Waals surface area contributed by atoms with Crippen molar-refractivity contribution in [3.8, 4) is 10.8 Å². The highest BCUT2D eigenvalue weighted by atomic mass is 32.1. The van der Waals surface area contributed by atoms with E-state index in [2.05, 4.69) is 4.98 Å². The highest BCUT2D eigenvalue weighted by Gasteiger charge is 2.21. The lowest BCUT2D eigenvalue weighted by Gasteiger charge is -1.99. The maximum atomic E-state index is 11.1. The average molecular weight is 251 g/mol. The number of aromatic carboxylic acids is 1. The Labute approximate surface area is 103 Å². The summed E-state index contributed by atoms with van der Waals surface area (Å²) in [7, 11) is 0. The van der Waals surface area contributed by atoms with Crippen LogP contribution in [0.4, 0.5) is 0 Å². The number of hydrogen-bond acceptors (Lipinski definition) is 4. The molecule has 17 heavy (non-hydrogen) atoms. The van der Waals surface area contributed by atoms with Crippen LogP contribution >= 0.6 is 11.3 Å². The lowest BCUT2D eigenvalue weighted by molar-refractivity contribution is 0.0661. The third kappa shape index (κ3) is 2.55. The SMILES string of the molecule is CC(C)Cc1nc(-c2cccs2)oc1C(=O)O. The second kappa shape index (κ2) is 4.71. The quantitative estimate of drug-likeness (QED) is 0.905. The summed E-state index contributed by atoms with van der Waals surface area (Å²) in [6.45, 7) is 4.04. The van der Waals surface area contributed by atoms with E-state index in [-0.39, 0.29) is 5.76 Å². The van der Waals surface area contributed by atoms with Gasteiger partial charge in [0.05, 0.1) is 10.6 Å². The van der Waals surface area contributed by atoms with Gasteiger partial charge in [-0.25, -0.2) is 9.78 Å². The van der Waals surface area contributed by atoms with Gasteiger partial charge in [0.15, 0.2) is 0 Å². The average Bonchev–Trinajstić information content (AvgIpc) is 2.82. The molecular weight excluding hydrogens is 238 g/mol. The van der Waals surface area contributed by atoms with Crippen molar-refractivity contribution in [1.82, 2.24) is 4.98 Å². The molecule has 0 aliphatic rings. The Morgan fingerprint density at radius 1 is 1.59 bits per heavy atom. The molecule has 2 heterocycles. The maximum Gasteiger partial charge on any atom is 0.373 e. The molecule has 4 nitrogen and oxygen atoms in total. The zero-order valence-corrected chi connectivity index (χ0v) is 10.5. The molecular formula is C12H13NO3S. The topological polar surface area (TPSA) is 63.3 Å². The van der Waals surface area contributed by atoms with E-state index >= 15 is 0 Å². The summed E-state index contributed by atoms with van der Waals surface area (Å²) in [5.41, 5.74) is 0.524. The van der Waals surface area contributed by atoms with Crippen LogP contribution in [-0.2, 0) is 6.42 Å². The molecule has 2 aromatic rings. The fraction of sp³-hybridized carbons (Fsp3) is 0.333. The van der Waals surface area contributed by atoms with Gasteiger partial charge in [0.1, 0.15) is 0 Å². The molecule has 90 valence electrons. The van der Waals surface area contributed by atoms with Crippen molar-refractivity contribution in [2.45, 2.75) is 20.3 Å². The largest absolute Gasteiger partial charge is 0.475 e. The van der Waals surface area contributed by atoms with Gasteiger partial charge in [-0.15, -0.1) is 11.3 Å². The van der Waals surface area contributed by atoms with Crippen molar-refractivity contribution in [1.29, 1.82) is 0 Å². The molecule has 0 fully saturated rings. The molecule has 0 atom stereocenters. The van der Waals surface area contributed by atoms with Gasteiger partial charge < -0.3 is 9.52 Å². The first-order chi connectivity index (χ1) is 8.08. The van der Waals surface area contributed by atoms with Crippen LogP contribution in [0.5, 0.6) is 0 Å². The molecule has 0 saturated carbocycles. The molecule has 0 aliphatic heterocycles. The van der Waals surface area contributed by atoms with Gasteiger partial charge in [-0.2, -0.15) is 0 Å². The van der Waals surface area contributed by atoms with Gasteiger partial charge in [-0.3, -0.25) is 0 Å². The maximum absolute atomic E-state index is 11.1. The third-order valence-corrected chi connectivity index (χ3v) is 3.08. The van der Waals surface area contributed by atoms with Gasteiger partial charge in [0, 0.05) is 0 Å². The Morgan fingerprint density at radius 3 is 2.88 bits per heavy atom. The fourth-order valence-corrected chi connectivity index (χ4v) is 2.20. The van der Waals surface area contributed by atoms with E-state index in [9.17, 15) is 4.79 Å². The van der Waals surface area contributed by atoms with Crippen LogP contribution in [0.3, 0.4) is 0 Å². The summed E-state index contributed by atoms with van der Waals surface area (Å²) in [5.74, 6) is -0.361. The number of carbonyl (C=O) groups is 1. The van der Waals surface area contributed by atoms with Crippen LogP contribution in [0.2, 0.25) is 0 Å². The van der Waals surface area contributed by atoms with E-state index in [4.69, 9.17) is 9.52 Å². The number of thiophene rings is 1. The number of hydrogen-bond donors (Lipinski definition) is 1. The van der Waals surface area contributed by atoms with Gasteiger partial charge in [0.25, 0.3) is 0 Å². The summed E-state index contributed by atoms with van der Waals surface area (Å²) < 4.78 is 5.32. The third-order valence-electron chi connectivity index (χ3n) is 2.23. The van der Waals surface area contributed by atoms with E-state index < -0.39 is 5.97 Å². The first-order valence-electron chi connectivity index (χ1n) is 5.34. The molecule has 2 rings (SSSR count). The Morgan fingerprint density at radius 2 is 2.35 bits per heavy atom. The lowest BCUT2D eigenvalue weighted by atomic mass is 10.1. The van der Waals surface area contributed by atoms with Crippen LogP contribution in [0.25, 0.3) is 10.8 Å². The second-order valence-electron chi connectivity index (χ2n) is 4.18. The van der Waals surface area contributed by atoms with Crippen LogP contribution in [0.15, 0.2) is 21.9 Å². The summed E-state index contributed by atoms with van der Waals surface area (Å²) in [4.78, 5) is 16.2. The van der Waals surface area contributed by atoms with Gasteiger partial charge in [0.2, 0.25) is 11.7 Å². The van der Waals surface area contributed by atoms with Crippen LogP contribution in [0, 0.1) is 5.92 Å². The summed E-state index contributed by atoms with van der Waals surface area (Å²) in [6.07, 6.45) is 0.608. The van der Waals surface area contributed by atoms with Crippen LogP contribution in [-0.4, -0.2) is 16.1 Å². The Balaban J connectivity index is 2.41. The predicted octanol–water partition coefficient (Wildman–Crippen LogP) is 3.30. The van der Waals surface area contributed by atoms with Crippen molar-refractivity contribution in [3.63, 3.8) is 0 Å². The zero-order chi connectivity index (χ0) is 12.4. The van der Waals surface area contributed by atoms with Gasteiger partial charge in [-0.05, 0) is 23.8 Å². The standard InChI is InChI=1S/C12H13NO3S/c1-7(2)6-8-10(12(14)15)16-11(13-8)9-4-3-5-17-9/h3-5,7H,6H2,1-2H3,(H,14,15). The van der Waals surface area contributed by atoms with Gasteiger partial charge in [-0.1, -0.05) is 19.9 Å². The Hall–Kier alpha value is -1.62. The molecule has 0 amide bonds. The van der Waals surface area contributed by atoms with Gasteiger partial charge >= 0.3 is 5.97 Å². The Kier molecular flexibility index (Phi) is 3.28. The number of aromatic nitrogens is 1. The van der Waals surface area contributed by atoms with E-state index in [1.165, 1.54) is 11.3 Å². The van der Waals surface area contributed by atoms with Crippen LogP contribution in [0.1, 0.15) is 30.1 Å². The first-order valence-corrected chi connectivity index (χ1v) is 6.22. The minimum absolute atomic E-state index is 0.0397. The smallest absolute Gasteiger partial charge is 0.373 e. The predicted molar refractivity (Wildman–Crippen MR) is 65.3 cm³/mol. The summed E-state index contributed by atoms with van der Waals surface area (Å²) in [5, 5.41) is 11.0. The molecule has 0 unspecified atom stereocenters. The fourth-order valence-electron chi connectivity index (χ4n) is 1.55.